The normalized spacial score (nSPS) is 12.9. The van der Waals surface area contributed by atoms with Crippen molar-refractivity contribution >= 4 is 5.91 Å². The van der Waals surface area contributed by atoms with Gasteiger partial charge in [-0.15, -0.1) is 0 Å². The van der Waals surface area contributed by atoms with Gasteiger partial charge in [-0.1, -0.05) is 19.9 Å². The molecule has 1 rings (SSSR count). The van der Waals surface area contributed by atoms with Gasteiger partial charge in [0.15, 0.2) is 0 Å². The zero-order chi connectivity index (χ0) is 16.0. The van der Waals surface area contributed by atoms with E-state index < -0.39 is 0 Å². The van der Waals surface area contributed by atoms with E-state index in [9.17, 15) is 4.79 Å². The van der Waals surface area contributed by atoms with Gasteiger partial charge >= 0.3 is 0 Å². The number of hydrogen-bond acceptors (Lipinski definition) is 3. The SMILES string of the molecule is Cc1cc(C(N)=O)ccc1CNC(CC(C)C)CN(C)C. The van der Waals surface area contributed by atoms with Crippen LogP contribution in [0.3, 0.4) is 0 Å². The molecular weight excluding hydrogens is 262 g/mol. The van der Waals surface area contributed by atoms with E-state index in [4.69, 9.17) is 5.73 Å². The van der Waals surface area contributed by atoms with Crippen LogP contribution in [0.25, 0.3) is 0 Å². The van der Waals surface area contributed by atoms with E-state index in [2.05, 4.69) is 38.2 Å². The van der Waals surface area contributed by atoms with Crippen LogP contribution in [-0.2, 0) is 6.54 Å². The van der Waals surface area contributed by atoms with E-state index in [1.165, 1.54) is 5.56 Å². The van der Waals surface area contributed by atoms with Gasteiger partial charge < -0.3 is 16.0 Å². The monoisotopic (exact) mass is 291 g/mol. The van der Waals surface area contributed by atoms with Crippen LogP contribution in [0.5, 0.6) is 0 Å². The molecule has 0 saturated carbocycles. The number of carbonyl (C=O) groups is 1. The lowest BCUT2D eigenvalue weighted by atomic mass is 10.0. The number of amides is 1. The third kappa shape index (κ3) is 6.27. The van der Waals surface area contributed by atoms with Crippen molar-refractivity contribution in [3.05, 3.63) is 34.9 Å². The number of carbonyl (C=O) groups excluding carboxylic acids is 1. The van der Waals surface area contributed by atoms with Crippen molar-refractivity contribution in [1.29, 1.82) is 0 Å². The first-order chi connectivity index (χ1) is 9.79. The highest BCUT2D eigenvalue weighted by atomic mass is 16.1. The molecule has 0 saturated heterocycles. The largest absolute Gasteiger partial charge is 0.366 e. The van der Waals surface area contributed by atoms with Gasteiger partial charge in [0, 0.05) is 24.7 Å². The van der Waals surface area contributed by atoms with E-state index in [-0.39, 0.29) is 5.91 Å². The summed E-state index contributed by atoms with van der Waals surface area (Å²) < 4.78 is 0. The molecule has 1 aromatic carbocycles. The number of primary amides is 1. The van der Waals surface area contributed by atoms with Crippen molar-refractivity contribution in [1.82, 2.24) is 10.2 Å². The molecule has 1 amide bonds. The maximum atomic E-state index is 11.2. The number of nitrogens with zero attached hydrogens (tertiary/aromatic N) is 1. The Morgan fingerprint density at radius 2 is 2.00 bits per heavy atom. The predicted molar refractivity (Wildman–Crippen MR) is 88.3 cm³/mol. The Bertz CT molecular complexity index is 459. The van der Waals surface area contributed by atoms with Crippen molar-refractivity contribution in [3.8, 4) is 0 Å². The minimum atomic E-state index is -0.372. The molecule has 0 fully saturated rings. The zero-order valence-corrected chi connectivity index (χ0v) is 13.9. The van der Waals surface area contributed by atoms with Gasteiger partial charge in [-0.25, -0.2) is 0 Å². The van der Waals surface area contributed by atoms with Crippen molar-refractivity contribution in [2.24, 2.45) is 11.7 Å². The summed E-state index contributed by atoms with van der Waals surface area (Å²) in [6, 6.07) is 6.12. The molecule has 0 heterocycles. The van der Waals surface area contributed by atoms with Crippen molar-refractivity contribution in [3.63, 3.8) is 0 Å². The Kier molecular flexibility index (Phi) is 6.85. The van der Waals surface area contributed by atoms with Crippen LogP contribution in [0.1, 0.15) is 41.8 Å². The molecule has 0 radical (unpaired) electrons. The van der Waals surface area contributed by atoms with Crippen LogP contribution in [-0.4, -0.2) is 37.5 Å². The molecule has 0 aliphatic heterocycles. The molecule has 3 N–H and O–H groups in total. The lowest BCUT2D eigenvalue weighted by molar-refractivity contribution is 0.1000. The highest BCUT2D eigenvalue weighted by molar-refractivity contribution is 5.93. The van der Waals surface area contributed by atoms with Crippen LogP contribution in [0.15, 0.2) is 18.2 Å². The Balaban J connectivity index is 2.68. The topological polar surface area (TPSA) is 58.4 Å². The standard InChI is InChI=1S/C17H29N3O/c1-12(2)8-16(11-20(4)5)19-10-15-7-6-14(17(18)21)9-13(15)3/h6-7,9,12,16,19H,8,10-11H2,1-5H3,(H2,18,21). The van der Waals surface area contributed by atoms with Crippen molar-refractivity contribution < 1.29 is 4.79 Å². The van der Waals surface area contributed by atoms with Gasteiger partial charge in [0.05, 0.1) is 0 Å². The highest BCUT2D eigenvalue weighted by Crippen LogP contribution is 2.12. The van der Waals surface area contributed by atoms with E-state index >= 15 is 0 Å². The fraction of sp³-hybridized carbons (Fsp3) is 0.588. The average Bonchev–Trinajstić information content (AvgIpc) is 2.35. The summed E-state index contributed by atoms with van der Waals surface area (Å²) in [5.41, 5.74) is 8.20. The number of hydrogen-bond donors (Lipinski definition) is 2. The Labute approximate surface area is 128 Å². The van der Waals surface area contributed by atoms with E-state index in [1.807, 2.05) is 19.1 Å². The predicted octanol–water partition coefficient (Wildman–Crippen LogP) is 2.16. The second-order valence-electron chi connectivity index (χ2n) is 6.48. The number of rotatable bonds is 8. The lowest BCUT2D eigenvalue weighted by Crippen LogP contribution is -2.38. The molecule has 21 heavy (non-hydrogen) atoms. The summed E-state index contributed by atoms with van der Waals surface area (Å²) in [5.74, 6) is 0.295. The molecule has 1 unspecified atom stereocenters. The first kappa shape index (κ1) is 17.7. The highest BCUT2D eigenvalue weighted by Gasteiger charge is 2.12. The third-order valence-electron chi connectivity index (χ3n) is 3.55. The van der Waals surface area contributed by atoms with Gasteiger partial charge in [0.1, 0.15) is 0 Å². The lowest BCUT2D eigenvalue weighted by Gasteiger charge is -2.24. The second-order valence-corrected chi connectivity index (χ2v) is 6.48. The minimum Gasteiger partial charge on any atom is -0.366 e. The quantitative estimate of drug-likeness (QED) is 0.771. The fourth-order valence-electron chi connectivity index (χ4n) is 2.53. The molecule has 0 aliphatic carbocycles. The Morgan fingerprint density at radius 1 is 1.33 bits per heavy atom. The maximum Gasteiger partial charge on any atom is 0.248 e. The molecule has 4 nitrogen and oxygen atoms in total. The van der Waals surface area contributed by atoms with Crippen molar-refractivity contribution in [2.45, 2.75) is 39.8 Å². The van der Waals surface area contributed by atoms with E-state index in [0.717, 1.165) is 25.1 Å². The molecule has 0 aromatic heterocycles. The number of aryl methyl sites for hydroxylation is 1. The molecule has 0 bridgehead atoms. The van der Waals surface area contributed by atoms with Crippen LogP contribution >= 0.6 is 0 Å². The number of likely N-dealkylation sites (N-methyl/N-ethyl adjacent to an activating group) is 1. The van der Waals surface area contributed by atoms with Gasteiger partial charge in [0.25, 0.3) is 0 Å². The zero-order valence-electron chi connectivity index (χ0n) is 13.9. The smallest absolute Gasteiger partial charge is 0.248 e. The Morgan fingerprint density at radius 3 is 2.48 bits per heavy atom. The summed E-state index contributed by atoms with van der Waals surface area (Å²) in [5, 5.41) is 3.63. The molecule has 1 atom stereocenters. The Hall–Kier alpha value is -1.39. The summed E-state index contributed by atoms with van der Waals surface area (Å²) in [6.45, 7) is 8.36. The van der Waals surface area contributed by atoms with Gasteiger partial charge in [-0.05, 0) is 56.6 Å². The summed E-state index contributed by atoms with van der Waals surface area (Å²) >= 11 is 0. The summed E-state index contributed by atoms with van der Waals surface area (Å²) in [6.07, 6.45) is 1.15. The molecule has 118 valence electrons. The first-order valence-corrected chi connectivity index (χ1v) is 7.57. The molecule has 1 aromatic rings. The van der Waals surface area contributed by atoms with Crippen LogP contribution < -0.4 is 11.1 Å². The van der Waals surface area contributed by atoms with Crippen LogP contribution in [0.2, 0.25) is 0 Å². The van der Waals surface area contributed by atoms with Gasteiger partial charge in [-0.2, -0.15) is 0 Å². The molecular formula is C17H29N3O. The van der Waals surface area contributed by atoms with Crippen LogP contribution in [0, 0.1) is 12.8 Å². The second kappa shape index (κ2) is 8.15. The van der Waals surface area contributed by atoms with Gasteiger partial charge in [0.2, 0.25) is 5.91 Å². The molecule has 4 heteroatoms. The first-order valence-electron chi connectivity index (χ1n) is 7.57. The number of benzene rings is 1. The van der Waals surface area contributed by atoms with E-state index in [1.54, 1.807) is 6.07 Å². The molecule has 0 spiro atoms. The number of nitrogens with two attached hydrogens (primary N) is 1. The fourth-order valence-corrected chi connectivity index (χ4v) is 2.53. The maximum absolute atomic E-state index is 11.2. The summed E-state index contributed by atoms with van der Waals surface area (Å²) in [7, 11) is 4.20. The third-order valence-corrected chi connectivity index (χ3v) is 3.55. The molecule has 0 aliphatic rings. The van der Waals surface area contributed by atoms with Crippen molar-refractivity contribution in [2.75, 3.05) is 20.6 Å². The number of nitrogens with one attached hydrogen (secondary N) is 1. The average molecular weight is 291 g/mol. The summed E-state index contributed by atoms with van der Waals surface area (Å²) in [4.78, 5) is 13.4. The van der Waals surface area contributed by atoms with Gasteiger partial charge in [-0.3, -0.25) is 4.79 Å². The minimum absolute atomic E-state index is 0.372. The van der Waals surface area contributed by atoms with Crippen LogP contribution in [0.4, 0.5) is 0 Å². The van der Waals surface area contributed by atoms with E-state index in [0.29, 0.717) is 17.5 Å².